The van der Waals surface area contributed by atoms with Gasteiger partial charge in [-0.3, -0.25) is 4.79 Å². The van der Waals surface area contributed by atoms with Gasteiger partial charge in [-0.2, -0.15) is 5.32 Å². The van der Waals surface area contributed by atoms with E-state index in [1.54, 1.807) is 18.2 Å². The number of carbonyl (C=O) groups is 2. The lowest BCUT2D eigenvalue weighted by Gasteiger charge is -1.99. The molecule has 0 bridgehead atoms. The molecule has 1 aliphatic heterocycles. The average Bonchev–Trinajstić information content (AvgIpc) is 2.55. The van der Waals surface area contributed by atoms with Gasteiger partial charge in [0, 0.05) is 5.56 Å². The average molecular weight is 210 g/mol. The van der Waals surface area contributed by atoms with Crippen LogP contribution in [-0.4, -0.2) is 17.7 Å². The second-order valence-electron chi connectivity index (χ2n) is 2.83. The zero-order chi connectivity index (χ0) is 10.1. The van der Waals surface area contributed by atoms with E-state index >= 15 is 0 Å². The highest BCUT2D eigenvalue weighted by atomic mass is 35.5. The first kappa shape index (κ1) is 9.02. The predicted molar refractivity (Wildman–Crippen MR) is 52.3 cm³/mol. The number of ketones is 1. The molecule has 14 heavy (non-hydrogen) atoms. The number of benzene rings is 1. The fraction of sp³-hybridized carbons (Fsp3) is 0.111. The molecular weight excluding hydrogens is 204 g/mol. The number of alkyl halides is 1. The molecule has 0 aliphatic carbocycles. The van der Waals surface area contributed by atoms with E-state index in [4.69, 9.17) is 11.6 Å². The third-order valence-electron chi connectivity index (χ3n) is 1.90. The van der Waals surface area contributed by atoms with Crippen LogP contribution in [0.5, 0.6) is 0 Å². The van der Waals surface area contributed by atoms with E-state index < -0.39 is 6.03 Å². The molecule has 4 nitrogen and oxygen atoms in total. The van der Waals surface area contributed by atoms with Crippen molar-refractivity contribution < 1.29 is 9.59 Å². The summed E-state index contributed by atoms with van der Waals surface area (Å²) in [7, 11) is 0. The maximum absolute atomic E-state index is 11.2. The van der Waals surface area contributed by atoms with E-state index in [9.17, 15) is 9.59 Å². The van der Waals surface area contributed by atoms with Crippen molar-refractivity contribution in [3.63, 3.8) is 0 Å². The molecule has 0 unspecified atom stereocenters. The van der Waals surface area contributed by atoms with Gasteiger partial charge < -0.3 is 5.32 Å². The van der Waals surface area contributed by atoms with Crippen LogP contribution in [0, 0.1) is 0 Å². The van der Waals surface area contributed by atoms with Gasteiger partial charge in [-0.25, -0.2) is 4.79 Å². The van der Waals surface area contributed by atoms with Crippen molar-refractivity contribution in [2.45, 2.75) is 0 Å². The molecule has 1 aromatic rings. The van der Waals surface area contributed by atoms with Crippen LogP contribution in [0.25, 0.3) is 0 Å². The molecule has 5 heteroatoms. The fourth-order valence-electron chi connectivity index (χ4n) is 1.23. The standard InChI is InChI=1S/C9H6ClN2O2/c10-4-8(13)5-1-2-6-7(3-5)12-9(14)11-6/h1-3H,4H2,(H,11,14). The lowest BCUT2D eigenvalue weighted by atomic mass is 10.1. The third kappa shape index (κ3) is 1.44. The van der Waals surface area contributed by atoms with Crippen molar-refractivity contribution in [1.29, 1.82) is 0 Å². The van der Waals surface area contributed by atoms with E-state index in [-0.39, 0.29) is 11.7 Å². The van der Waals surface area contributed by atoms with Crippen LogP contribution >= 0.6 is 11.6 Å². The summed E-state index contributed by atoms with van der Waals surface area (Å²) in [6.45, 7) is 0. The lowest BCUT2D eigenvalue weighted by molar-refractivity contribution is 0.102. The molecular formula is C9H6ClN2O2. The molecule has 0 fully saturated rings. The van der Waals surface area contributed by atoms with Crippen LogP contribution in [0.4, 0.5) is 16.2 Å². The van der Waals surface area contributed by atoms with Gasteiger partial charge in [-0.1, -0.05) is 0 Å². The minimum absolute atomic E-state index is 0.0693. The Bertz CT molecular complexity index is 417. The molecule has 2 rings (SSSR count). The zero-order valence-electron chi connectivity index (χ0n) is 7.08. The van der Waals surface area contributed by atoms with Crippen molar-refractivity contribution in [1.82, 2.24) is 5.32 Å². The lowest BCUT2D eigenvalue weighted by Crippen LogP contribution is -2.08. The summed E-state index contributed by atoms with van der Waals surface area (Å²) in [5.74, 6) is -0.246. The van der Waals surface area contributed by atoms with Crippen molar-refractivity contribution in [2.24, 2.45) is 0 Å². The van der Waals surface area contributed by atoms with Crippen LogP contribution < -0.4 is 10.6 Å². The van der Waals surface area contributed by atoms with Crippen molar-refractivity contribution in [2.75, 3.05) is 11.2 Å². The summed E-state index contributed by atoms with van der Waals surface area (Å²) in [6, 6.07) is 4.40. The molecule has 1 heterocycles. The number of Topliss-reactive ketones (excluding diaryl/α,β-unsaturated/α-hetero) is 1. The first-order valence-corrected chi connectivity index (χ1v) is 4.50. The second kappa shape index (κ2) is 3.31. The van der Waals surface area contributed by atoms with Crippen LogP contribution in [0.3, 0.4) is 0 Å². The topological polar surface area (TPSA) is 60.3 Å². The Morgan fingerprint density at radius 3 is 3.00 bits per heavy atom. The van der Waals surface area contributed by atoms with Crippen molar-refractivity contribution in [3.05, 3.63) is 23.8 Å². The minimum Gasteiger partial charge on any atom is -0.304 e. The monoisotopic (exact) mass is 209 g/mol. The third-order valence-corrected chi connectivity index (χ3v) is 2.15. The molecule has 1 aliphatic rings. The molecule has 1 radical (unpaired) electrons. The molecule has 1 N–H and O–H groups in total. The van der Waals surface area contributed by atoms with Gasteiger partial charge in [0.2, 0.25) is 0 Å². The number of amides is 2. The summed E-state index contributed by atoms with van der Waals surface area (Å²) in [5.41, 5.74) is 1.59. The minimum atomic E-state index is -0.407. The van der Waals surface area contributed by atoms with Crippen LogP contribution in [0.2, 0.25) is 0 Å². The fourth-order valence-corrected chi connectivity index (χ4v) is 1.39. The van der Waals surface area contributed by atoms with Gasteiger partial charge >= 0.3 is 6.03 Å². The summed E-state index contributed by atoms with van der Waals surface area (Å²) < 4.78 is 0. The van der Waals surface area contributed by atoms with Gasteiger partial charge in [-0.05, 0) is 18.2 Å². The number of nitrogens with zero attached hydrogens (tertiary/aromatic N) is 1. The molecule has 1 aromatic carbocycles. The van der Waals surface area contributed by atoms with Gasteiger partial charge in [0.25, 0.3) is 0 Å². The first-order valence-electron chi connectivity index (χ1n) is 3.96. The Morgan fingerprint density at radius 2 is 2.29 bits per heavy atom. The summed E-state index contributed by atoms with van der Waals surface area (Å²) in [6.07, 6.45) is 0. The molecule has 0 saturated carbocycles. The van der Waals surface area contributed by atoms with Gasteiger partial charge in [0.05, 0.1) is 17.3 Å². The Morgan fingerprint density at radius 1 is 1.50 bits per heavy atom. The number of hydrogen-bond donors (Lipinski definition) is 1. The highest BCUT2D eigenvalue weighted by Crippen LogP contribution is 2.28. The van der Waals surface area contributed by atoms with E-state index in [0.29, 0.717) is 16.9 Å². The van der Waals surface area contributed by atoms with E-state index in [1.807, 2.05) is 0 Å². The maximum atomic E-state index is 11.2. The highest BCUT2D eigenvalue weighted by Gasteiger charge is 2.19. The van der Waals surface area contributed by atoms with Gasteiger partial charge in [-0.15, -0.1) is 11.6 Å². The summed E-state index contributed by atoms with van der Waals surface area (Å²) in [4.78, 5) is 22.1. The number of nitrogens with one attached hydrogen (secondary N) is 1. The predicted octanol–water partition coefficient (Wildman–Crippen LogP) is 1.89. The Hall–Kier alpha value is -1.55. The summed E-state index contributed by atoms with van der Waals surface area (Å²) in [5, 5.41) is 6.22. The van der Waals surface area contributed by atoms with Crippen LogP contribution in [-0.2, 0) is 0 Å². The smallest absolute Gasteiger partial charge is 0.304 e. The highest BCUT2D eigenvalue weighted by molar-refractivity contribution is 6.30. The largest absolute Gasteiger partial charge is 0.346 e. The Kier molecular flexibility index (Phi) is 2.13. The number of rotatable bonds is 2. The van der Waals surface area contributed by atoms with Gasteiger partial charge in [0.15, 0.2) is 5.78 Å². The molecule has 71 valence electrons. The summed E-state index contributed by atoms with van der Waals surface area (Å²) >= 11 is 5.40. The number of fused-ring (bicyclic) bond motifs is 1. The van der Waals surface area contributed by atoms with E-state index in [0.717, 1.165) is 0 Å². The molecule has 0 saturated heterocycles. The molecule has 0 aromatic heterocycles. The van der Waals surface area contributed by atoms with E-state index in [1.165, 1.54) is 0 Å². The number of carbonyl (C=O) groups excluding carboxylic acids is 2. The zero-order valence-corrected chi connectivity index (χ0v) is 7.84. The normalized spacial score (nSPS) is 13.1. The SMILES string of the molecule is O=C1[N]c2cc(C(=O)CCl)ccc2N1. The maximum Gasteiger partial charge on any atom is 0.346 e. The van der Waals surface area contributed by atoms with Crippen molar-refractivity contribution in [3.8, 4) is 0 Å². The number of halogens is 1. The van der Waals surface area contributed by atoms with Crippen molar-refractivity contribution >= 4 is 34.8 Å². The Labute approximate surface area is 85.2 Å². The van der Waals surface area contributed by atoms with E-state index in [2.05, 4.69) is 10.6 Å². The number of anilines is 1. The second-order valence-corrected chi connectivity index (χ2v) is 3.10. The quantitative estimate of drug-likeness (QED) is 0.597. The number of hydrogen-bond acceptors (Lipinski definition) is 2. The Balaban J connectivity index is 2.37. The first-order chi connectivity index (χ1) is 6.70. The molecule has 0 spiro atoms. The molecule has 2 amide bonds. The van der Waals surface area contributed by atoms with Crippen LogP contribution in [0.15, 0.2) is 18.2 Å². The van der Waals surface area contributed by atoms with Crippen LogP contribution in [0.1, 0.15) is 10.4 Å². The molecule has 0 atom stereocenters. The van der Waals surface area contributed by atoms with Gasteiger partial charge in [0.1, 0.15) is 0 Å². The number of urea groups is 1.